The lowest BCUT2D eigenvalue weighted by atomic mass is 10.3. The Morgan fingerprint density at radius 3 is 2.60 bits per heavy atom. The van der Waals surface area contributed by atoms with E-state index < -0.39 is 0 Å². The van der Waals surface area contributed by atoms with Crippen LogP contribution in [-0.2, 0) is 0 Å². The second kappa shape index (κ2) is 2.64. The predicted molar refractivity (Wildman–Crippen MR) is 42.7 cm³/mol. The molecule has 0 heterocycles. The molecule has 2 rings (SSSR count). The molecule has 0 N–H and O–H groups in total. The van der Waals surface area contributed by atoms with Crippen molar-refractivity contribution in [2.45, 2.75) is 32.1 Å². The molecule has 0 spiro atoms. The Hall–Kier alpha value is -0.480. The van der Waals surface area contributed by atoms with Gasteiger partial charge in [-0.1, -0.05) is 0 Å². The van der Waals surface area contributed by atoms with E-state index in [1.807, 2.05) is 0 Å². The molecule has 0 aliphatic heterocycles. The Kier molecular flexibility index (Phi) is 1.65. The summed E-state index contributed by atoms with van der Waals surface area (Å²) in [6, 6.07) is 0. The summed E-state index contributed by atoms with van der Waals surface area (Å²) in [6.45, 7) is 0. The molecule has 2 saturated carbocycles. The van der Waals surface area contributed by atoms with Crippen LogP contribution >= 0.6 is 0 Å². The summed E-state index contributed by atoms with van der Waals surface area (Å²) in [5, 5.41) is 0. The third-order valence-corrected chi connectivity index (χ3v) is 2.22. The van der Waals surface area contributed by atoms with Crippen LogP contribution in [0.3, 0.4) is 0 Å². The van der Waals surface area contributed by atoms with Crippen molar-refractivity contribution in [1.82, 2.24) is 0 Å². The molecule has 10 heavy (non-hydrogen) atoms. The summed E-state index contributed by atoms with van der Waals surface area (Å²) < 4.78 is 0. The fourth-order valence-electron chi connectivity index (χ4n) is 1.06. The molecule has 0 aromatic rings. The first-order valence-corrected chi connectivity index (χ1v) is 4.36. The number of allylic oxidation sites excluding steroid dienone is 1. The lowest BCUT2D eigenvalue weighted by Gasteiger charge is -1.79. The first-order valence-electron chi connectivity index (χ1n) is 4.36. The molecule has 0 atom stereocenters. The minimum atomic E-state index is 0.899. The van der Waals surface area contributed by atoms with Gasteiger partial charge >= 0.3 is 0 Å². The second-order valence-corrected chi connectivity index (χ2v) is 3.55. The predicted octanol–water partition coefficient (Wildman–Crippen LogP) is 2.91. The summed E-state index contributed by atoms with van der Waals surface area (Å²) in [5.41, 5.74) is 3.27. The van der Waals surface area contributed by atoms with E-state index in [0.717, 1.165) is 11.8 Å². The third kappa shape index (κ3) is 2.04. The smallest absolute Gasteiger partial charge is 0.0157 e. The van der Waals surface area contributed by atoms with Crippen LogP contribution in [0.15, 0.2) is 17.9 Å². The summed E-state index contributed by atoms with van der Waals surface area (Å²) in [5.74, 6) is 1.93. The van der Waals surface area contributed by atoms with Crippen LogP contribution in [-0.4, -0.2) is 0 Å². The van der Waals surface area contributed by atoms with E-state index >= 15 is 0 Å². The summed E-state index contributed by atoms with van der Waals surface area (Å²) in [6.07, 6.45) is 11.5. The molecule has 2 aliphatic carbocycles. The van der Waals surface area contributed by atoms with Crippen LogP contribution < -0.4 is 0 Å². The van der Waals surface area contributed by atoms with E-state index in [9.17, 15) is 0 Å². The maximum absolute atomic E-state index is 3.27. The van der Waals surface area contributed by atoms with Gasteiger partial charge in [0.15, 0.2) is 0 Å². The third-order valence-electron chi connectivity index (χ3n) is 2.22. The first-order chi connectivity index (χ1) is 4.95. The zero-order chi connectivity index (χ0) is 6.81. The van der Waals surface area contributed by atoms with Gasteiger partial charge in [-0.15, -0.1) is 5.73 Å². The molecule has 0 radical (unpaired) electrons. The Morgan fingerprint density at radius 1 is 1.20 bits per heavy atom. The highest BCUT2D eigenvalue weighted by Gasteiger charge is 2.19. The lowest BCUT2D eigenvalue weighted by Crippen LogP contribution is -1.65. The number of rotatable bonds is 3. The van der Waals surface area contributed by atoms with Gasteiger partial charge in [-0.25, -0.2) is 0 Å². The van der Waals surface area contributed by atoms with Crippen molar-refractivity contribution in [2.75, 3.05) is 0 Å². The Bertz CT molecular complexity index is 164. The Balaban J connectivity index is 1.69. The molecule has 0 aromatic heterocycles. The molecule has 2 fully saturated rings. The molecule has 0 heteroatoms. The van der Waals surface area contributed by atoms with Gasteiger partial charge in [0.1, 0.15) is 0 Å². The van der Waals surface area contributed by atoms with Gasteiger partial charge in [0, 0.05) is 0 Å². The van der Waals surface area contributed by atoms with Crippen LogP contribution in [0.2, 0.25) is 0 Å². The first kappa shape index (κ1) is 6.24. The molecule has 0 amide bonds. The van der Waals surface area contributed by atoms with Gasteiger partial charge in [0.2, 0.25) is 0 Å². The fourth-order valence-corrected chi connectivity index (χ4v) is 1.06. The highest BCUT2D eigenvalue weighted by atomic mass is 14.2. The molecule has 0 saturated heterocycles. The van der Waals surface area contributed by atoms with Crippen molar-refractivity contribution in [3.63, 3.8) is 0 Å². The molecule has 0 unspecified atom stereocenters. The average Bonchev–Trinajstić information content (AvgIpc) is 2.77. The van der Waals surface area contributed by atoms with Crippen LogP contribution in [0.1, 0.15) is 32.1 Å². The average molecular weight is 134 g/mol. The van der Waals surface area contributed by atoms with Crippen LogP contribution in [0.25, 0.3) is 0 Å². The molecule has 0 nitrogen and oxygen atoms in total. The van der Waals surface area contributed by atoms with Crippen molar-refractivity contribution in [1.29, 1.82) is 0 Å². The van der Waals surface area contributed by atoms with E-state index in [4.69, 9.17) is 0 Å². The maximum Gasteiger partial charge on any atom is -0.0157 e. The van der Waals surface area contributed by atoms with Crippen LogP contribution in [0.5, 0.6) is 0 Å². The van der Waals surface area contributed by atoms with Crippen molar-refractivity contribution >= 4 is 0 Å². The van der Waals surface area contributed by atoms with Gasteiger partial charge in [-0.3, -0.25) is 0 Å². The lowest BCUT2D eigenvalue weighted by molar-refractivity contribution is 0.863. The molecule has 0 bridgehead atoms. The Labute approximate surface area is 62.6 Å². The van der Waals surface area contributed by atoms with Crippen molar-refractivity contribution in [3.05, 3.63) is 17.9 Å². The second-order valence-electron chi connectivity index (χ2n) is 3.55. The SMILES string of the molecule is C(=CCC1CC1)=CC1CC1. The van der Waals surface area contributed by atoms with Crippen molar-refractivity contribution in [2.24, 2.45) is 11.8 Å². The van der Waals surface area contributed by atoms with Gasteiger partial charge in [0.05, 0.1) is 0 Å². The highest BCUT2D eigenvalue weighted by Crippen LogP contribution is 2.33. The summed E-state index contributed by atoms with van der Waals surface area (Å²) >= 11 is 0. The van der Waals surface area contributed by atoms with Gasteiger partial charge < -0.3 is 0 Å². The zero-order valence-electron chi connectivity index (χ0n) is 6.34. The summed E-state index contributed by atoms with van der Waals surface area (Å²) in [7, 11) is 0. The minimum Gasteiger partial charge on any atom is -0.129 e. The van der Waals surface area contributed by atoms with Gasteiger partial charge in [-0.2, -0.15) is 0 Å². The van der Waals surface area contributed by atoms with E-state index in [1.165, 1.54) is 32.1 Å². The highest BCUT2D eigenvalue weighted by molar-refractivity contribution is 4.97. The monoisotopic (exact) mass is 134 g/mol. The maximum atomic E-state index is 3.27. The fraction of sp³-hybridized carbons (Fsp3) is 0.700. The molecule has 0 aromatic carbocycles. The molecular weight excluding hydrogens is 120 g/mol. The summed E-state index contributed by atoms with van der Waals surface area (Å²) in [4.78, 5) is 0. The van der Waals surface area contributed by atoms with Gasteiger partial charge in [-0.05, 0) is 56.1 Å². The normalized spacial score (nSPS) is 23.6. The standard InChI is InChI=1S/C10H14/c1(3-9-5-6-9)2-4-10-7-8-10/h1,4,9-10H,3,5-8H2. The number of hydrogen-bond acceptors (Lipinski definition) is 0. The van der Waals surface area contributed by atoms with Crippen LogP contribution in [0.4, 0.5) is 0 Å². The largest absolute Gasteiger partial charge is 0.129 e. The Morgan fingerprint density at radius 2 is 2.00 bits per heavy atom. The van der Waals surface area contributed by atoms with Gasteiger partial charge in [0.25, 0.3) is 0 Å². The van der Waals surface area contributed by atoms with E-state index in [-0.39, 0.29) is 0 Å². The topological polar surface area (TPSA) is 0 Å². The van der Waals surface area contributed by atoms with E-state index in [0.29, 0.717) is 0 Å². The van der Waals surface area contributed by atoms with Crippen molar-refractivity contribution < 1.29 is 0 Å². The minimum absolute atomic E-state index is 0.899. The molecule has 2 aliphatic rings. The van der Waals surface area contributed by atoms with E-state index in [2.05, 4.69) is 17.9 Å². The molecular formula is C10H14. The van der Waals surface area contributed by atoms with Crippen LogP contribution in [0, 0.1) is 11.8 Å². The van der Waals surface area contributed by atoms with E-state index in [1.54, 1.807) is 0 Å². The molecule has 54 valence electrons. The number of hydrogen-bond donors (Lipinski definition) is 0. The van der Waals surface area contributed by atoms with Crippen molar-refractivity contribution in [3.8, 4) is 0 Å². The zero-order valence-corrected chi connectivity index (χ0v) is 6.34. The quantitative estimate of drug-likeness (QED) is 0.521.